The van der Waals surface area contributed by atoms with E-state index in [1.165, 1.54) is 0 Å². The summed E-state index contributed by atoms with van der Waals surface area (Å²) < 4.78 is 25.8. The van der Waals surface area contributed by atoms with Gasteiger partial charge in [0.2, 0.25) is 0 Å². The molecular weight excluding hydrogens is 235 g/mol. The second kappa shape index (κ2) is 10.8. The number of phosphoric acid groups is 1. The average Bonchev–Trinajstić information content (AvgIpc) is 2.19. The fourth-order valence-electron chi connectivity index (χ4n) is 0.586. The molecule has 0 saturated heterocycles. The van der Waals surface area contributed by atoms with Crippen LogP contribution in [0, 0.1) is 0 Å². The SMILES string of the molecule is C=CC(=O)O.CCOP(=O)(OCC)OCC. The molecule has 0 rings (SSSR count). The predicted octanol–water partition coefficient (Wildman–Crippen LogP) is 2.46. The summed E-state index contributed by atoms with van der Waals surface area (Å²) in [5.74, 6) is -0.981. The summed E-state index contributed by atoms with van der Waals surface area (Å²) in [6, 6.07) is 0. The normalized spacial score (nSPS) is 10.2. The molecule has 0 aliphatic heterocycles. The molecule has 0 saturated carbocycles. The van der Waals surface area contributed by atoms with E-state index in [-0.39, 0.29) is 0 Å². The van der Waals surface area contributed by atoms with E-state index in [0.717, 1.165) is 6.08 Å². The summed E-state index contributed by atoms with van der Waals surface area (Å²) in [4.78, 5) is 9.25. The second-order valence-corrected chi connectivity index (χ2v) is 3.91. The topological polar surface area (TPSA) is 82.1 Å². The monoisotopic (exact) mass is 254 g/mol. The molecule has 0 atom stereocenters. The van der Waals surface area contributed by atoms with E-state index in [2.05, 4.69) is 6.58 Å². The zero-order chi connectivity index (χ0) is 13.0. The molecule has 0 unspecified atom stereocenters. The number of carboxylic acid groups (broad SMARTS) is 1. The van der Waals surface area contributed by atoms with Crippen molar-refractivity contribution < 1.29 is 28.0 Å². The molecule has 0 spiro atoms. The van der Waals surface area contributed by atoms with Gasteiger partial charge >= 0.3 is 13.8 Å². The maximum absolute atomic E-state index is 11.3. The van der Waals surface area contributed by atoms with Crippen molar-refractivity contribution in [3.8, 4) is 0 Å². The fraction of sp³-hybridized carbons (Fsp3) is 0.667. The highest BCUT2D eigenvalue weighted by Crippen LogP contribution is 2.48. The first kappa shape index (κ1) is 17.7. The highest BCUT2D eigenvalue weighted by atomic mass is 31.2. The third kappa shape index (κ3) is 11.4. The molecule has 0 heterocycles. The summed E-state index contributed by atoms with van der Waals surface area (Å²) in [5.41, 5.74) is 0. The van der Waals surface area contributed by atoms with Crippen LogP contribution in [0.2, 0.25) is 0 Å². The summed E-state index contributed by atoms with van der Waals surface area (Å²) in [5, 5.41) is 7.60. The first-order chi connectivity index (χ1) is 7.45. The number of carbonyl (C=O) groups is 1. The lowest BCUT2D eigenvalue weighted by atomic mass is 10.7. The summed E-state index contributed by atoms with van der Waals surface area (Å²) >= 11 is 0. The Morgan fingerprint density at radius 3 is 1.56 bits per heavy atom. The quantitative estimate of drug-likeness (QED) is 0.555. The average molecular weight is 254 g/mol. The van der Waals surface area contributed by atoms with Gasteiger partial charge in [0.25, 0.3) is 0 Å². The number of aliphatic carboxylic acids is 1. The molecule has 7 heteroatoms. The lowest BCUT2D eigenvalue weighted by molar-refractivity contribution is -0.131. The van der Waals surface area contributed by atoms with Gasteiger partial charge < -0.3 is 5.11 Å². The Balaban J connectivity index is 0. The second-order valence-electron chi connectivity index (χ2n) is 2.24. The van der Waals surface area contributed by atoms with Gasteiger partial charge in [-0.2, -0.15) is 0 Å². The van der Waals surface area contributed by atoms with Gasteiger partial charge in [0.1, 0.15) is 0 Å². The Morgan fingerprint density at radius 2 is 1.44 bits per heavy atom. The number of carboxylic acids is 1. The lowest BCUT2D eigenvalue weighted by Gasteiger charge is -2.14. The van der Waals surface area contributed by atoms with E-state index in [4.69, 9.17) is 18.7 Å². The van der Waals surface area contributed by atoms with Gasteiger partial charge in [-0.15, -0.1) is 0 Å². The van der Waals surface area contributed by atoms with E-state index in [0.29, 0.717) is 19.8 Å². The minimum absolute atomic E-state index is 0.331. The molecule has 0 radical (unpaired) electrons. The van der Waals surface area contributed by atoms with Crippen molar-refractivity contribution in [3.63, 3.8) is 0 Å². The van der Waals surface area contributed by atoms with Gasteiger partial charge in [-0.05, 0) is 20.8 Å². The van der Waals surface area contributed by atoms with Gasteiger partial charge in [-0.25, -0.2) is 9.36 Å². The zero-order valence-corrected chi connectivity index (χ0v) is 10.7. The Kier molecular flexibility index (Phi) is 12.0. The smallest absolute Gasteiger partial charge is 0.474 e. The lowest BCUT2D eigenvalue weighted by Crippen LogP contribution is -1.99. The number of hydrogen-bond donors (Lipinski definition) is 1. The Hall–Kier alpha value is -0.680. The highest BCUT2D eigenvalue weighted by molar-refractivity contribution is 7.48. The van der Waals surface area contributed by atoms with Gasteiger partial charge in [0.05, 0.1) is 19.8 Å². The number of hydrogen-bond acceptors (Lipinski definition) is 5. The van der Waals surface area contributed by atoms with E-state index in [9.17, 15) is 9.36 Å². The summed E-state index contributed by atoms with van der Waals surface area (Å²) in [6.45, 7) is 9.17. The Morgan fingerprint density at radius 1 is 1.19 bits per heavy atom. The van der Waals surface area contributed by atoms with Crippen molar-refractivity contribution in [3.05, 3.63) is 12.7 Å². The van der Waals surface area contributed by atoms with Gasteiger partial charge in [-0.1, -0.05) is 6.58 Å². The van der Waals surface area contributed by atoms with E-state index >= 15 is 0 Å². The maximum atomic E-state index is 11.3. The first-order valence-electron chi connectivity index (χ1n) is 4.84. The van der Waals surface area contributed by atoms with Crippen LogP contribution in [0.4, 0.5) is 0 Å². The van der Waals surface area contributed by atoms with Gasteiger partial charge in [0.15, 0.2) is 0 Å². The van der Waals surface area contributed by atoms with Crippen LogP contribution in [0.25, 0.3) is 0 Å². The van der Waals surface area contributed by atoms with Crippen LogP contribution in [0.15, 0.2) is 12.7 Å². The Bertz CT molecular complexity index is 216. The molecule has 6 nitrogen and oxygen atoms in total. The third-order valence-corrected chi connectivity index (χ3v) is 2.76. The first-order valence-corrected chi connectivity index (χ1v) is 6.30. The van der Waals surface area contributed by atoms with E-state index < -0.39 is 13.8 Å². The van der Waals surface area contributed by atoms with E-state index in [1.54, 1.807) is 20.8 Å². The molecule has 0 aliphatic carbocycles. The van der Waals surface area contributed by atoms with Crippen LogP contribution in [-0.2, 0) is 22.9 Å². The minimum Gasteiger partial charge on any atom is -0.478 e. The highest BCUT2D eigenvalue weighted by Gasteiger charge is 2.23. The molecule has 96 valence electrons. The third-order valence-electron chi connectivity index (χ3n) is 1.04. The molecule has 0 aromatic carbocycles. The standard InChI is InChI=1S/C6H15O4P.C3H4O2/c1-4-8-11(7,9-5-2)10-6-3;1-2-3(4)5/h4-6H2,1-3H3;2H,1H2,(H,4,5). The minimum atomic E-state index is -3.22. The molecule has 0 aliphatic rings. The van der Waals surface area contributed by atoms with Crippen molar-refractivity contribution in [1.82, 2.24) is 0 Å². The maximum Gasteiger partial charge on any atom is 0.474 e. The fourth-order valence-corrected chi connectivity index (χ4v) is 1.76. The predicted molar refractivity (Wildman–Crippen MR) is 60.3 cm³/mol. The Labute approximate surface area is 95.8 Å². The summed E-state index contributed by atoms with van der Waals surface area (Å²) in [7, 11) is -3.22. The zero-order valence-electron chi connectivity index (χ0n) is 9.84. The largest absolute Gasteiger partial charge is 0.478 e. The summed E-state index contributed by atoms with van der Waals surface area (Å²) in [6.07, 6.45) is 0.833. The van der Waals surface area contributed by atoms with Crippen LogP contribution in [-0.4, -0.2) is 30.9 Å². The molecular formula is C9H19O6P. The molecule has 16 heavy (non-hydrogen) atoms. The van der Waals surface area contributed by atoms with Gasteiger partial charge in [-0.3, -0.25) is 13.6 Å². The number of phosphoric ester groups is 1. The molecule has 0 fully saturated rings. The number of rotatable bonds is 7. The van der Waals surface area contributed by atoms with Crippen molar-refractivity contribution in [1.29, 1.82) is 0 Å². The molecule has 0 amide bonds. The molecule has 0 aromatic rings. The van der Waals surface area contributed by atoms with Crippen molar-refractivity contribution in [2.45, 2.75) is 20.8 Å². The van der Waals surface area contributed by atoms with Gasteiger partial charge in [0, 0.05) is 6.08 Å². The molecule has 1 N–H and O–H groups in total. The van der Waals surface area contributed by atoms with Crippen molar-refractivity contribution >= 4 is 13.8 Å². The van der Waals surface area contributed by atoms with Crippen molar-refractivity contribution in [2.75, 3.05) is 19.8 Å². The van der Waals surface area contributed by atoms with Crippen LogP contribution < -0.4 is 0 Å². The van der Waals surface area contributed by atoms with Crippen LogP contribution in [0.1, 0.15) is 20.8 Å². The van der Waals surface area contributed by atoms with Crippen LogP contribution in [0.3, 0.4) is 0 Å². The van der Waals surface area contributed by atoms with Crippen LogP contribution in [0.5, 0.6) is 0 Å². The van der Waals surface area contributed by atoms with Crippen molar-refractivity contribution in [2.24, 2.45) is 0 Å². The van der Waals surface area contributed by atoms with E-state index in [1.807, 2.05) is 0 Å². The molecule has 0 bridgehead atoms. The van der Waals surface area contributed by atoms with Crippen LogP contribution >= 0.6 is 7.82 Å². The molecule has 0 aromatic heterocycles.